The molecule has 2 aromatic rings. The van der Waals surface area contributed by atoms with Gasteiger partial charge in [-0.3, -0.25) is 13.9 Å². The third-order valence-electron chi connectivity index (χ3n) is 3.45. The highest BCUT2D eigenvalue weighted by Crippen LogP contribution is 2.12. The molecule has 110 valence electrons. The van der Waals surface area contributed by atoms with Gasteiger partial charge in [-0.1, -0.05) is 6.92 Å². The van der Waals surface area contributed by atoms with Crippen LogP contribution in [0.5, 0.6) is 0 Å². The smallest absolute Gasteiger partial charge is 0.329 e. The molecule has 0 fully saturated rings. The second kappa shape index (κ2) is 5.62. The van der Waals surface area contributed by atoms with Crippen molar-refractivity contribution in [2.75, 3.05) is 6.54 Å². The van der Waals surface area contributed by atoms with Gasteiger partial charge in [0.05, 0.1) is 0 Å². The number of nitrogens with two attached hydrogens (primary N) is 1. The molecule has 0 atom stereocenters. The Labute approximate surface area is 116 Å². The zero-order chi connectivity index (χ0) is 14.9. The van der Waals surface area contributed by atoms with E-state index in [1.54, 1.807) is 14.0 Å². The minimum Gasteiger partial charge on any atom is -0.329 e. The van der Waals surface area contributed by atoms with Crippen LogP contribution in [0.3, 0.4) is 0 Å². The van der Waals surface area contributed by atoms with Crippen LogP contribution in [0.4, 0.5) is 0 Å². The molecule has 7 nitrogen and oxygen atoms in total. The number of aromatic nitrogens is 4. The molecule has 0 aliphatic carbocycles. The highest BCUT2D eigenvalue weighted by Gasteiger charge is 2.18. The predicted octanol–water partition coefficient (Wildman–Crippen LogP) is -0.172. The summed E-state index contributed by atoms with van der Waals surface area (Å²) in [6.07, 6.45) is 1.68. The SMILES string of the molecule is CCCc1nc2c(c(=O)n(CC)c(=O)n2C)n1CCN. The van der Waals surface area contributed by atoms with E-state index in [-0.39, 0.29) is 11.2 Å². The molecule has 0 amide bonds. The van der Waals surface area contributed by atoms with Crippen molar-refractivity contribution in [3.8, 4) is 0 Å². The molecule has 2 N–H and O–H groups in total. The summed E-state index contributed by atoms with van der Waals surface area (Å²) < 4.78 is 4.52. The van der Waals surface area contributed by atoms with Gasteiger partial charge in [-0.25, -0.2) is 9.78 Å². The summed E-state index contributed by atoms with van der Waals surface area (Å²) >= 11 is 0. The fraction of sp³-hybridized carbons (Fsp3) is 0.615. The fourth-order valence-corrected chi connectivity index (χ4v) is 2.48. The van der Waals surface area contributed by atoms with Gasteiger partial charge in [-0.2, -0.15) is 0 Å². The quantitative estimate of drug-likeness (QED) is 0.823. The molecule has 2 rings (SSSR count). The first-order valence-corrected chi connectivity index (χ1v) is 6.95. The van der Waals surface area contributed by atoms with Crippen molar-refractivity contribution < 1.29 is 0 Å². The van der Waals surface area contributed by atoms with Gasteiger partial charge in [-0.15, -0.1) is 0 Å². The van der Waals surface area contributed by atoms with Gasteiger partial charge in [0.1, 0.15) is 5.82 Å². The standard InChI is InChI=1S/C13H21N5O2/c1-4-6-9-15-11-10(18(9)8-7-14)12(19)17(5-2)13(20)16(11)3/h4-8,14H2,1-3H3. The van der Waals surface area contributed by atoms with E-state index < -0.39 is 0 Å². The molecule has 0 aliphatic rings. The van der Waals surface area contributed by atoms with E-state index in [1.165, 1.54) is 9.13 Å². The molecule has 7 heteroatoms. The van der Waals surface area contributed by atoms with Crippen molar-refractivity contribution in [3.05, 3.63) is 26.7 Å². The van der Waals surface area contributed by atoms with Crippen LogP contribution in [0.2, 0.25) is 0 Å². The zero-order valence-corrected chi connectivity index (χ0v) is 12.2. The van der Waals surface area contributed by atoms with Crippen molar-refractivity contribution in [2.24, 2.45) is 12.8 Å². The lowest BCUT2D eigenvalue weighted by molar-refractivity contribution is 0.627. The molecular formula is C13H21N5O2. The molecule has 2 aromatic heterocycles. The molecular weight excluding hydrogens is 258 g/mol. The Hall–Kier alpha value is -1.89. The Morgan fingerprint density at radius 1 is 1.20 bits per heavy atom. The predicted molar refractivity (Wildman–Crippen MR) is 78.0 cm³/mol. The lowest BCUT2D eigenvalue weighted by Crippen LogP contribution is -2.39. The molecule has 0 unspecified atom stereocenters. The number of rotatable bonds is 5. The molecule has 2 heterocycles. The molecule has 20 heavy (non-hydrogen) atoms. The van der Waals surface area contributed by atoms with Crippen LogP contribution in [0, 0.1) is 0 Å². The van der Waals surface area contributed by atoms with Crippen LogP contribution in [0.1, 0.15) is 26.1 Å². The van der Waals surface area contributed by atoms with Crippen molar-refractivity contribution in [1.82, 2.24) is 18.7 Å². The van der Waals surface area contributed by atoms with Crippen LogP contribution >= 0.6 is 0 Å². The summed E-state index contributed by atoms with van der Waals surface area (Å²) in [6, 6.07) is 0. The lowest BCUT2D eigenvalue weighted by Gasteiger charge is -2.08. The topological polar surface area (TPSA) is 87.8 Å². The van der Waals surface area contributed by atoms with Crippen molar-refractivity contribution in [2.45, 2.75) is 39.8 Å². The van der Waals surface area contributed by atoms with Gasteiger partial charge in [0.25, 0.3) is 5.56 Å². The Bertz CT molecular complexity index is 738. The van der Waals surface area contributed by atoms with E-state index in [2.05, 4.69) is 11.9 Å². The first-order chi connectivity index (χ1) is 9.56. The zero-order valence-electron chi connectivity index (χ0n) is 12.2. The summed E-state index contributed by atoms with van der Waals surface area (Å²) in [4.78, 5) is 29.1. The Morgan fingerprint density at radius 3 is 2.45 bits per heavy atom. The summed E-state index contributed by atoms with van der Waals surface area (Å²) in [6.45, 7) is 5.14. The Kier molecular flexibility index (Phi) is 4.08. The van der Waals surface area contributed by atoms with Gasteiger partial charge in [-0.05, 0) is 13.3 Å². The van der Waals surface area contributed by atoms with Crippen LogP contribution in [-0.4, -0.2) is 25.2 Å². The third kappa shape index (κ3) is 2.07. The van der Waals surface area contributed by atoms with Crippen molar-refractivity contribution in [3.63, 3.8) is 0 Å². The second-order valence-corrected chi connectivity index (χ2v) is 4.78. The number of aryl methyl sites for hydroxylation is 2. The fourth-order valence-electron chi connectivity index (χ4n) is 2.48. The van der Waals surface area contributed by atoms with Gasteiger partial charge >= 0.3 is 5.69 Å². The van der Waals surface area contributed by atoms with E-state index in [4.69, 9.17) is 5.73 Å². The lowest BCUT2D eigenvalue weighted by atomic mass is 10.3. The van der Waals surface area contributed by atoms with E-state index in [0.717, 1.165) is 18.7 Å². The highest BCUT2D eigenvalue weighted by atomic mass is 16.2. The maximum absolute atomic E-state index is 12.5. The van der Waals surface area contributed by atoms with Gasteiger partial charge in [0.15, 0.2) is 11.2 Å². The first kappa shape index (κ1) is 14.5. The molecule has 0 saturated heterocycles. The maximum Gasteiger partial charge on any atom is 0.332 e. The number of hydrogen-bond donors (Lipinski definition) is 1. The van der Waals surface area contributed by atoms with Crippen molar-refractivity contribution >= 4 is 11.2 Å². The van der Waals surface area contributed by atoms with E-state index in [1.807, 2.05) is 4.57 Å². The van der Waals surface area contributed by atoms with E-state index in [9.17, 15) is 9.59 Å². The Morgan fingerprint density at radius 2 is 1.90 bits per heavy atom. The highest BCUT2D eigenvalue weighted by molar-refractivity contribution is 5.71. The first-order valence-electron chi connectivity index (χ1n) is 6.95. The largest absolute Gasteiger partial charge is 0.332 e. The van der Waals surface area contributed by atoms with Gasteiger partial charge in [0, 0.05) is 33.1 Å². The minimum absolute atomic E-state index is 0.283. The normalized spacial score (nSPS) is 11.4. The van der Waals surface area contributed by atoms with E-state index in [0.29, 0.717) is 30.8 Å². The van der Waals surface area contributed by atoms with Crippen molar-refractivity contribution in [1.29, 1.82) is 0 Å². The monoisotopic (exact) mass is 279 g/mol. The molecule has 0 aliphatic heterocycles. The number of imidazole rings is 1. The molecule has 0 saturated carbocycles. The van der Waals surface area contributed by atoms with Gasteiger partial charge < -0.3 is 10.3 Å². The third-order valence-corrected chi connectivity index (χ3v) is 3.45. The average Bonchev–Trinajstić information content (AvgIpc) is 2.77. The molecule has 0 aromatic carbocycles. The summed E-state index contributed by atoms with van der Waals surface area (Å²) in [5.74, 6) is 0.814. The van der Waals surface area contributed by atoms with E-state index >= 15 is 0 Å². The van der Waals surface area contributed by atoms with Gasteiger partial charge in [0.2, 0.25) is 0 Å². The molecule has 0 radical (unpaired) electrons. The summed E-state index contributed by atoms with van der Waals surface area (Å²) in [5.41, 5.74) is 5.95. The number of fused-ring (bicyclic) bond motifs is 1. The number of nitrogens with zero attached hydrogens (tertiary/aromatic N) is 4. The van der Waals surface area contributed by atoms with Crippen LogP contribution in [0.15, 0.2) is 9.59 Å². The van der Waals surface area contributed by atoms with Crippen LogP contribution in [0.25, 0.3) is 11.2 Å². The summed E-state index contributed by atoms with van der Waals surface area (Å²) in [7, 11) is 1.64. The minimum atomic E-state index is -0.328. The molecule has 0 bridgehead atoms. The van der Waals surface area contributed by atoms with Crippen LogP contribution < -0.4 is 17.0 Å². The second-order valence-electron chi connectivity index (χ2n) is 4.78. The maximum atomic E-state index is 12.5. The Balaban J connectivity index is 2.92. The average molecular weight is 279 g/mol. The number of hydrogen-bond acceptors (Lipinski definition) is 4. The van der Waals surface area contributed by atoms with Crippen LogP contribution in [-0.2, 0) is 26.6 Å². The summed E-state index contributed by atoms with van der Waals surface area (Å²) in [5, 5.41) is 0. The molecule has 0 spiro atoms.